The minimum atomic E-state index is -0.224. The third kappa shape index (κ3) is 2.71. The van der Waals surface area contributed by atoms with Gasteiger partial charge in [-0.2, -0.15) is 5.10 Å². The lowest BCUT2D eigenvalue weighted by molar-refractivity contribution is -0.121. The van der Waals surface area contributed by atoms with Gasteiger partial charge in [0.1, 0.15) is 0 Å². The minimum Gasteiger partial charge on any atom is -0.369 e. The number of amides is 1. The number of likely N-dealkylation sites (tertiary alicyclic amines) is 1. The molecule has 1 fully saturated rings. The van der Waals surface area contributed by atoms with Gasteiger partial charge in [-0.15, -0.1) is 0 Å². The van der Waals surface area contributed by atoms with E-state index in [4.69, 9.17) is 5.73 Å². The largest absolute Gasteiger partial charge is 0.369 e. The van der Waals surface area contributed by atoms with Crippen molar-refractivity contribution in [1.82, 2.24) is 19.2 Å². The maximum absolute atomic E-state index is 11.8. The van der Waals surface area contributed by atoms with Gasteiger partial charge >= 0.3 is 0 Å². The molecule has 1 saturated heterocycles. The number of rotatable bonds is 4. The molecule has 1 aliphatic rings. The van der Waals surface area contributed by atoms with Crippen LogP contribution in [0.1, 0.15) is 17.2 Å². The van der Waals surface area contributed by atoms with Gasteiger partial charge in [0.05, 0.1) is 12.1 Å². The number of hydrogen-bond donors (Lipinski definition) is 1. The maximum Gasteiger partial charge on any atom is 0.222 e. The number of primary amides is 1. The highest BCUT2D eigenvalue weighted by molar-refractivity contribution is 5.78. The predicted molar refractivity (Wildman–Crippen MR) is 79.3 cm³/mol. The van der Waals surface area contributed by atoms with E-state index in [1.165, 1.54) is 5.69 Å². The number of carbonyl (C=O) groups excluding carboxylic acids is 1. The Labute approximate surface area is 124 Å². The van der Waals surface area contributed by atoms with Crippen LogP contribution < -0.4 is 5.73 Å². The summed E-state index contributed by atoms with van der Waals surface area (Å²) in [6.07, 6.45) is 5.86. The SMILES string of the molecule is Cn1cc([C@H]2CN(Cc3cccn3C)C[C@@H]2C(N)=O)cn1. The molecule has 0 spiro atoms. The molecule has 2 N–H and O–H groups in total. The Morgan fingerprint density at radius 1 is 1.43 bits per heavy atom. The van der Waals surface area contributed by atoms with Crippen LogP contribution in [-0.2, 0) is 25.4 Å². The topological polar surface area (TPSA) is 69.1 Å². The number of aryl methyl sites for hydroxylation is 2. The lowest BCUT2D eigenvalue weighted by Crippen LogP contribution is -2.29. The zero-order valence-corrected chi connectivity index (χ0v) is 12.4. The third-order valence-corrected chi connectivity index (χ3v) is 4.35. The second-order valence-corrected chi connectivity index (χ2v) is 5.87. The quantitative estimate of drug-likeness (QED) is 0.888. The van der Waals surface area contributed by atoms with Gasteiger partial charge in [0, 0.05) is 57.7 Å². The molecule has 0 unspecified atom stereocenters. The van der Waals surface area contributed by atoms with Crippen molar-refractivity contribution in [2.45, 2.75) is 12.5 Å². The molecule has 0 saturated carbocycles. The van der Waals surface area contributed by atoms with Gasteiger partial charge in [-0.25, -0.2) is 0 Å². The molecule has 0 bridgehead atoms. The average molecular weight is 287 g/mol. The van der Waals surface area contributed by atoms with Crippen molar-refractivity contribution in [2.75, 3.05) is 13.1 Å². The minimum absolute atomic E-state index is 0.136. The summed E-state index contributed by atoms with van der Waals surface area (Å²) in [6.45, 7) is 2.38. The molecule has 3 rings (SSSR count). The van der Waals surface area contributed by atoms with E-state index in [1.54, 1.807) is 4.68 Å². The first-order valence-corrected chi connectivity index (χ1v) is 7.15. The van der Waals surface area contributed by atoms with Crippen molar-refractivity contribution in [3.63, 3.8) is 0 Å². The molecule has 21 heavy (non-hydrogen) atoms. The smallest absolute Gasteiger partial charge is 0.222 e. The van der Waals surface area contributed by atoms with Crippen LogP contribution >= 0.6 is 0 Å². The highest BCUT2D eigenvalue weighted by Crippen LogP contribution is 2.33. The highest BCUT2D eigenvalue weighted by atomic mass is 16.1. The van der Waals surface area contributed by atoms with Crippen LogP contribution in [0.15, 0.2) is 30.7 Å². The first kappa shape index (κ1) is 13.9. The van der Waals surface area contributed by atoms with Crippen LogP contribution in [0.4, 0.5) is 0 Å². The molecule has 6 heteroatoms. The summed E-state index contributed by atoms with van der Waals surface area (Å²) in [5.41, 5.74) is 7.93. The van der Waals surface area contributed by atoms with E-state index in [0.29, 0.717) is 6.54 Å². The highest BCUT2D eigenvalue weighted by Gasteiger charge is 2.38. The number of carbonyl (C=O) groups is 1. The molecular weight excluding hydrogens is 266 g/mol. The van der Waals surface area contributed by atoms with Gasteiger partial charge in [-0.3, -0.25) is 14.4 Å². The van der Waals surface area contributed by atoms with Gasteiger partial charge in [-0.1, -0.05) is 0 Å². The van der Waals surface area contributed by atoms with Crippen LogP contribution in [0.2, 0.25) is 0 Å². The van der Waals surface area contributed by atoms with Crippen LogP contribution in [0.25, 0.3) is 0 Å². The summed E-state index contributed by atoms with van der Waals surface area (Å²) >= 11 is 0. The number of aromatic nitrogens is 3. The zero-order valence-electron chi connectivity index (χ0n) is 12.4. The first-order valence-electron chi connectivity index (χ1n) is 7.15. The fraction of sp³-hybridized carbons (Fsp3) is 0.467. The van der Waals surface area contributed by atoms with E-state index in [1.807, 2.05) is 38.8 Å². The number of nitrogens with two attached hydrogens (primary N) is 1. The molecule has 1 amide bonds. The van der Waals surface area contributed by atoms with E-state index in [2.05, 4.69) is 20.6 Å². The molecule has 0 aliphatic carbocycles. The fourth-order valence-electron chi connectivity index (χ4n) is 3.16. The van der Waals surface area contributed by atoms with Crippen LogP contribution in [0.3, 0.4) is 0 Å². The molecule has 3 heterocycles. The van der Waals surface area contributed by atoms with Crippen molar-refractivity contribution < 1.29 is 4.79 Å². The average Bonchev–Trinajstić information content (AvgIpc) is 3.11. The Kier molecular flexibility index (Phi) is 3.55. The van der Waals surface area contributed by atoms with Crippen molar-refractivity contribution in [3.05, 3.63) is 42.0 Å². The molecule has 2 aromatic rings. The van der Waals surface area contributed by atoms with Crippen LogP contribution in [0, 0.1) is 5.92 Å². The summed E-state index contributed by atoms with van der Waals surface area (Å²) in [5.74, 6) is -0.232. The van der Waals surface area contributed by atoms with Gasteiger partial charge in [0.25, 0.3) is 0 Å². The van der Waals surface area contributed by atoms with Gasteiger partial charge < -0.3 is 10.3 Å². The van der Waals surface area contributed by atoms with E-state index in [9.17, 15) is 4.79 Å². The Bertz CT molecular complexity index is 644. The van der Waals surface area contributed by atoms with Gasteiger partial charge in [0.2, 0.25) is 5.91 Å². The van der Waals surface area contributed by atoms with E-state index in [-0.39, 0.29) is 17.7 Å². The summed E-state index contributed by atoms with van der Waals surface area (Å²) in [6, 6.07) is 4.15. The summed E-state index contributed by atoms with van der Waals surface area (Å²) in [4.78, 5) is 14.1. The van der Waals surface area contributed by atoms with Crippen LogP contribution in [0.5, 0.6) is 0 Å². The molecule has 0 aromatic carbocycles. The first-order chi connectivity index (χ1) is 10.0. The van der Waals surface area contributed by atoms with Crippen molar-refractivity contribution in [1.29, 1.82) is 0 Å². The maximum atomic E-state index is 11.8. The number of nitrogens with zero attached hydrogens (tertiary/aromatic N) is 4. The third-order valence-electron chi connectivity index (χ3n) is 4.35. The molecule has 0 radical (unpaired) electrons. The van der Waals surface area contributed by atoms with Crippen molar-refractivity contribution >= 4 is 5.91 Å². The van der Waals surface area contributed by atoms with Gasteiger partial charge in [0.15, 0.2) is 0 Å². The van der Waals surface area contributed by atoms with E-state index < -0.39 is 0 Å². The van der Waals surface area contributed by atoms with Crippen molar-refractivity contribution in [2.24, 2.45) is 25.7 Å². The van der Waals surface area contributed by atoms with Gasteiger partial charge in [-0.05, 0) is 17.7 Å². The molecule has 112 valence electrons. The second-order valence-electron chi connectivity index (χ2n) is 5.87. The fourth-order valence-corrected chi connectivity index (χ4v) is 3.16. The summed E-state index contributed by atoms with van der Waals surface area (Å²) < 4.78 is 3.88. The molecule has 1 aliphatic heterocycles. The summed E-state index contributed by atoms with van der Waals surface area (Å²) in [7, 11) is 3.93. The van der Waals surface area contributed by atoms with Crippen molar-refractivity contribution in [3.8, 4) is 0 Å². The van der Waals surface area contributed by atoms with Crippen LogP contribution in [-0.4, -0.2) is 38.2 Å². The Balaban J connectivity index is 1.78. The van der Waals surface area contributed by atoms with E-state index in [0.717, 1.165) is 18.7 Å². The number of hydrogen-bond acceptors (Lipinski definition) is 3. The van der Waals surface area contributed by atoms with E-state index >= 15 is 0 Å². The normalized spacial score (nSPS) is 22.8. The Morgan fingerprint density at radius 2 is 2.24 bits per heavy atom. The monoisotopic (exact) mass is 287 g/mol. The zero-order chi connectivity index (χ0) is 15.0. The lowest BCUT2D eigenvalue weighted by atomic mass is 9.90. The molecular formula is C15H21N5O. The second kappa shape index (κ2) is 5.37. The molecule has 6 nitrogen and oxygen atoms in total. The summed E-state index contributed by atoms with van der Waals surface area (Å²) in [5, 5.41) is 4.21. The Morgan fingerprint density at radius 3 is 2.81 bits per heavy atom. The predicted octanol–water partition coefficient (Wildman–Crippen LogP) is 0.460. The Hall–Kier alpha value is -2.08. The standard InChI is InChI=1S/C15H21N5O/c1-18-5-3-4-12(18)8-20-9-13(14(10-20)15(16)21)11-6-17-19(2)7-11/h3-7,13-14H,8-10H2,1-2H3,(H2,16,21)/t13-,14+/m1/s1. The molecule has 2 atom stereocenters. The molecule has 2 aromatic heterocycles. The lowest BCUT2D eigenvalue weighted by Gasteiger charge is -2.16.